The molecule has 0 bridgehead atoms. The van der Waals surface area contributed by atoms with Gasteiger partial charge in [0, 0.05) is 10.3 Å². The fourth-order valence-electron chi connectivity index (χ4n) is 1.24. The molecule has 2 radical (unpaired) electrons. The summed E-state index contributed by atoms with van der Waals surface area (Å²) < 4.78 is 1.07. The number of fused-ring (bicyclic) bond motifs is 1. The van der Waals surface area contributed by atoms with Crippen LogP contribution in [0, 0.1) is 0 Å². The summed E-state index contributed by atoms with van der Waals surface area (Å²) in [7, 11) is 5.42. The number of benzene rings is 1. The predicted octanol–water partition coefficient (Wildman–Crippen LogP) is 1.22. The molecule has 0 saturated heterocycles. The van der Waals surface area contributed by atoms with E-state index in [4.69, 9.17) is 7.98 Å². The first-order chi connectivity index (χ1) is 6.18. The molecule has 4 heteroatoms. The molecular formula is C9H6BNOS. The highest BCUT2D eigenvalue weighted by atomic mass is 32.1. The van der Waals surface area contributed by atoms with E-state index >= 15 is 0 Å². The van der Waals surface area contributed by atoms with Gasteiger partial charge in [0.25, 0.3) is 0 Å². The van der Waals surface area contributed by atoms with Crippen LogP contribution in [-0.4, -0.2) is 12.5 Å². The van der Waals surface area contributed by atoms with E-state index in [9.17, 15) is 4.79 Å². The Bertz CT molecular complexity index is 515. The van der Waals surface area contributed by atoms with Crippen LogP contribution in [0.4, 0.5) is 0 Å². The van der Waals surface area contributed by atoms with Gasteiger partial charge in [-0.05, 0) is 29.8 Å². The van der Waals surface area contributed by atoms with Gasteiger partial charge < -0.3 is 4.48 Å². The summed E-state index contributed by atoms with van der Waals surface area (Å²) in [5.74, 6) is 0. The maximum atomic E-state index is 11.5. The van der Waals surface area contributed by atoms with Crippen LogP contribution in [-0.2, 0) is 0 Å². The monoisotopic (exact) mass is 187 g/mol. The third-order valence-corrected chi connectivity index (χ3v) is 2.19. The number of hydrogen-bond donors (Lipinski definition) is 1. The van der Waals surface area contributed by atoms with Crippen molar-refractivity contribution in [2.45, 2.75) is 4.90 Å². The van der Waals surface area contributed by atoms with Gasteiger partial charge in [-0.15, -0.1) is 12.6 Å². The molecule has 62 valence electrons. The molecule has 1 aromatic heterocycles. The largest absolute Gasteiger partial charge is 0.371 e. The highest BCUT2D eigenvalue weighted by Gasteiger charge is 1.99. The Morgan fingerprint density at radius 2 is 2.08 bits per heavy atom. The third kappa shape index (κ3) is 1.37. The van der Waals surface area contributed by atoms with Gasteiger partial charge in [-0.3, -0.25) is 4.79 Å². The molecule has 0 aliphatic carbocycles. The molecule has 1 aromatic carbocycles. The van der Waals surface area contributed by atoms with Gasteiger partial charge in [0.15, 0.2) is 0 Å². The fourth-order valence-corrected chi connectivity index (χ4v) is 1.45. The average Bonchev–Trinajstić information content (AvgIpc) is 2.12. The van der Waals surface area contributed by atoms with E-state index < -0.39 is 0 Å². The molecule has 0 atom stereocenters. The van der Waals surface area contributed by atoms with Crippen LogP contribution in [0.5, 0.6) is 0 Å². The van der Waals surface area contributed by atoms with Gasteiger partial charge in [-0.2, -0.15) is 0 Å². The van der Waals surface area contributed by atoms with E-state index in [1.54, 1.807) is 18.3 Å². The van der Waals surface area contributed by atoms with Crippen molar-refractivity contribution in [2.75, 3.05) is 0 Å². The Hall–Kier alpha value is -1.16. The van der Waals surface area contributed by atoms with Crippen LogP contribution in [0.2, 0.25) is 0 Å². The zero-order valence-electron chi connectivity index (χ0n) is 6.77. The Morgan fingerprint density at radius 3 is 2.85 bits per heavy atom. The van der Waals surface area contributed by atoms with E-state index in [0.717, 1.165) is 14.8 Å². The first-order valence-electron chi connectivity index (χ1n) is 3.78. The Kier molecular flexibility index (Phi) is 1.92. The first-order valence-corrected chi connectivity index (χ1v) is 4.22. The molecule has 0 fully saturated rings. The van der Waals surface area contributed by atoms with Gasteiger partial charge in [-0.1, -0.05) is 6.07 Å². The lowest BCUT2D eigenvalue weighted by atomic mass is 10.1. The lowest BCUT2D eigenvalue weighted by molar-refractivity contribution is 1.15. The van der Waals surface area contributed by atoms with Crippen molar-refractivity contribution in [3.8, 4) is 0 Å². The number of hydrogen-bond acceptors (Lipinski definition) is 2. The van der Waals surface area contributed by atoms with Crippen LogP contribution >= 0.6 is 12.6 Å². The molecule has 0 unspecified atom stereocenters. The van der Waals surface area contributed by atoms with Crippen LogP contribution in [0.3, 0.4) is 0 Å². The molecule has 0 saturated carbocycles. The van der Waals surface area contributed by atoms with E-state index in [-0.39, 0.29) is 5.56 Å². The second kappa shape index (κ2) is 2.96. The normalized spacial score (nSPS) is 10.5. The van der Waals surface area contributed by atoms with E-state index in [1.807, 2.05) is 12.1 Å². The first kappa shape index (κ1) is 8.44. The summed E-state index contributed by atoms with van der Waals surface area (Å²) >= 11 is 4.15. The Labute approximate surface area is 82.0 Å². The second-order valence-corrected chi connectivity index (χ2v) is 3.32. The van der Waals surface area contributed by atoms with Gasteiger partial charge in [0.2, 0.25) is 13.5 Å². The van der Waals surface area contributed by atoms with Crippen molar-refractivity contribution in [1.82, 2.24) is 4.48 Å². The Balaban J connectivity index is 2.97. The number of pyridine rings is 1. The van der Waals surface area contributed by atoms with Gasteiger partial charge >= 0.3 is 0 Å². The van der Waals surface area contributed by atoms with E-state index in [0.29, 0.717) is 5.39 Å². The minimum atomic E-state index is -0.201. The lowest BCUT2D eigenvalue weighted by Gasteiger charge is -2.01. The molecule has 0 aliphatic heterocycles. The standard InChI is InChI=1S/C9H6BNOS/c10-11-4-3-6-1-2-7(13)5-8(6)9(11)12/h1-5,13H. The number of nitrogens with zero attached hydrogens (tertiary/aromatic N) is 1. The molecule has 2 aromatic rings. The summed E-state index contributed by atoms with van der Waals surface area (Å²) in [5.41, 5.74) is -0.201. The molecule has 0 N–H and O–H groups in total. The minimum absolute atomic E-state index is 0.201. The summed E-state index contributed by atoms with van der Waals surface area (Å²) in [4.78, 5) is 12.2. The fraction of sp³-hybridized carbons (Fsp3) is 0. The molecule has 0 amide bonds. The smallest absolute Gasteiger partial charge is 0.245 e. The van der Waals surface area contributed by atoms with E-state index in [2.05, 4.69) is 12.6 Å². The van der Waals surface area contributed by atoms with E-state index in [1.165, 1.54) is 0 Å². The molecular weight excluding hydrogens is 181 g/mol. The average molecular weight is 187 g/mol. The molecule has 0 aliphatic rings. The van der Waals surface area contributed by atoms with Crippen molar-refractivity contribution >= 4 is 31.4 Å². The SMILES string of the molecule is [B]n1ccc2ccc(S)cc2c1=O. The van der Waals surface area contributed by atoms with Crippen molar-refractivity contribution in [1.29, 1.82) is 0 Å². The summed E-state index contributed by atoms with van der Waals surface area (Å²) in [6, 6.07) is 7.19. The van der Waals surface area contributed by atoms with Gasteiger partial charge in [0.1, 0.15) is 0 Å². The van der Waals surface area contributed by atoms with Gasteiger partial charge in [0.05, 0.1) is 0 Å². The van der Waals surface area contributed by atoms with Crippen LogP contribution in [0.25, 0.3) is 10.8 Å². The minimum Gasteiger partial charge on any atom is -0.371 e. The molecule has 1 heterocycles. The molecule has 0 spiro atoms. The number of rotatable bonds is 0. The maximum absolute atomic E-state index is 11.5. The quantitative estimate of drug-likeness (QED) is 0.486. The highest BCUT2D eigenvalue weighted by Crippen LogP contribution is 2.13. The lowest BCUT2D eigenvalue weighted by Crippen LogP contribution is -2.17. The summed E-state index contributed by atoms with van der Waals surface area (Å²) in [6.07, 6.45) is 1.54. The van der Waals surface area contributed by atoms with Crippen molar-refractivity contribution < 1.29 is 0 Å². The molecule has 13 heavy (non-hydrogen) atoms. The number of aromatic nitrogens is 1. The molecule has 2 rings (SSSR count). The van der Waals surface area contributed by atoms with Crippen LogP contribution < -0.4 is 5.56 Å². The zero-order chi connectivity index (χ0) is 9.42. The summed E-state index contributed by atoms with van der Waals surface area (Å²) in [6.45, 7) is 0. The highest BCUT2D eigenvalue weighted by molar-refractivity contribution is 7.80. The number of thiol groups is 1. The third-order valence-electron chi connectivity index (χ3n) is 1.92. The maximum Gasteiger partial charge on any atom is 0.245 e. The summed E-state index contributed by atoms with van der Waals surface area (Å²) in [5, 5.41) is 1.47. The van der Waals surface area contributed by atoms with Crippen molar-refractivity contribution in [2.24, 2.45) is 0 Å². The topological polar surface area (TPSA) is 22.0 Å². The molecule has 2 nitrogen and oxygen atoms in total. The van der Waals surface area contributed by atoms with Gasteiger partial charge in [-0.25, -0.2) is 0 Å². The van der Waals surface area contributed by atoms with Crippen molar-refractivity contribution in [3.05, 3.63) is 40.8 Å². The zero-order valence-corrected chi connectivity index (χ0v) is 7.66. The predicted molar refractivity (Wildman–Crippen MR) is 56.6 cm³/mol. The van der Waals surface area contributed by atoms with Crippen molar-refractivity contribution in [3.63, 3.8) is 0 Å². The second-order valence-electron chi connectivity index (χ2n) is 2.80. The Morgan fingerprint density at radius 1 is 1.31 bits per heavy atom. The van der Waals surface area contributed by atoms with Crippen LogP contribution in [0.1, 0.15) is 0 Å². The van der Waals surface area contributed by atoms with Crippen LogP contribution in [0.15, 0.2) is 40.2 Å².